The fourth-order valence-electron chi connectivity index (χ4n) is 3.23. The van der Waals surface area contributed by atoms with Crippen LogP contribution in [0.4, 0.5) is 0 Å². The molecule has 2 aromatic carbocycles. The van der Waals surface area contributed by atoms with Crippen LogP contribution in [0.3, 0.4) is 0 Å². The van der Waals surface area contributed by atoms with Gasteiger partial charge in [-0.25, -0.2) is 0 Å². The summed E-state index contributed by atoms with van der Waals surface area (Å²) in [5.41, 5.74) is 2.73. The van der Waals surface area contributed by atoms with Gasteiger partial charge in [-0.1, -0.05) is 60.7 Å². The molecule has 2 nitrogen and oxygen atoms in total. The van der Waals surface area contributed by atoms with Crippen molar-refractivity contribution in [3.8, 4) is 0 Å². The molecule has 4 rings (SSSR count). The molecule has 0 N–H and O–H groups in total. The number of epoxide rings is 2. The van der Waals surface area contributed by atoms with Gasteiger partial charge in [0.1, 0.15) is 0 Å². The van der Waals surface area contributed by atoms with Crippen molar-refractivity contribution in [2.75, 3.05) is 13.2 Å². The summed E-state index contributed by atoms with van der Waals surface area (Å²) in [4.78, 5) is 0. The van der Waals surface area contributed by atoms with E-state index in [0.717, 1.165) is 26.1 Å². The average molecular weight is 293 g/mol. The SMILES string of the molecule is c1ccc(C([C](CC2CO2)CC2CO2)c2ccccc2)cc1. The van der Waals surface area contributed by atoms with Crippen molar-refractivity contribution in [2.45, 2.75) is 31.0 Å². The van der Waals surface area contributed by atoms with E-state index in [1.165, 1.54) is 11.1 Å². The summed E-state index contributed by atoms with van der Waals surface area (Å²) < 4.78 is 11.0. The van der Waals surface area contributed by atoms with Gasteiger partial charge in [-0.15, -0.1) is 0 Å². The van der Waals surface area contributed by atoms with Crippen molar-refractivity contribution in [1.82, 2.24) is 0 Å². The molecule has 0 aliphatic carbocycles. The molecule has 2 fully saturated rings. The molecular formula is C20H21O2. The van der Waals surface area contributed by atoms with E-state index in [4.69, 9.17) is 9.47 Å². The predicted molar refractivity (Wildman–Crippen MR) is 86.7 cm³/mol. The summed E-state index contributed by atoms with van der Waals surface area (Å²) in [5, 5.41) is 0. The fraction of sp³-hybridized carbons (Fsp3) is 0.350. The summed E-state index contributed by atoms with van der Waals surface area (Å²) in [5.74, 6) is 1.89. The topological polar surface area (TPSA) is 25.1 Å². The molecule has 2 unspecified atom stereocenters. The van der Waals surface area contributed by atoms with Crippen molar-refractivity contribution in [3.05, 3.63) is 77.7 Å². The van der Waals surface area contributed by atoms with Crippen LogP contribution >= 0.6 is 0 Å². The van der Waals surface area contributed by atoms with Gasteiger partial charge < -0.3 is 9.47 Å². The average Bonchev–Trinajstić information content (AvgIpc) is 3.46. The highest BCUT2D eigenvalue weighted by Gasteiger charge is 2.37. The summed E-state index contributed by atoms with van der Waals surface area (Å²) in [7, 11) is 0. The molecule has 0 spiro atoms. The van der Waals surface area contributed by atoms with E-state index < -0.39 is 0 Å². The van der Waals surface area contributed by atoms with E-state index in [-0.39, 0.29) is 0 Å². The second-order valence-corrected chi connectivity index (χ2v) is 6.23. The Kier molecular flexibility index (Phi) is 3.96. The summed E-state index contributed by atoms with van der Waals surface area (Å²) in [6.45, 7) is 1.82. The van der Waals surface area contributed by atoms with Crippen molar-refractivity contribution >= 4 is 0 Å². The third-order valence-corrected chi connectivity index (χ3v) is 4.46. The van der Waals surface area contributed by atoms with Gasteiger partial charge in [0.2, 0.25) is 0 Å². The molecule has 0 saturated carbocycles. The van der Waals surface area contributed by atoms with Crippen molar-refractivity contribution < 1.29 is 9.47 Å². The quantitative estimate of drug-likeness (QED) is 0.722. The molecule has 2 saturated heterocycles. The van der Waals surface area contributed by atoms with Crippen LogP contribution in [-0.2, 0) is 9.47 Å². The Morgan fingerprint density at radius 3 is 1.55 bits per heavy atom. The van der Waals surface area contributed by atoms with Crippen molar-refractivity contribution in [2.24, 2.45) is 0 Å². The lowest BCUT2D eigenvalue weighted by atomic mass is 9.76. The van der Waals surface area contributed by atoms with Crippen molar-refractivity contribution in [3.63, 3.8) is 0 Å². The molecule has 2 aliphatic heterocycles. The fourth-order valence-corrected chi connectivity index (χ4v) is 3.23. The number of ether oxygens (including phenoxy) is 2. The maximum atomic E-state index is 5.50. The number of rotatable bonds is 7. The molecule has 0 amide bonds. The van der Waals surface area contributed by atoms with Crippen LogP contribution in [-0.4, -0.2) is 25.4 Å². The predicted octanol–water partition coefficient (Wildman–Crippen LogP) is 3.97. The molecule has 22 heavy (non-hydrogen) atoms. The van der Waals surface area contributed by atoms with Crippen LogP contribution in [0.25, 0.3) is 0 Å². The van der Waals surface area contributed by atoms with Crippen LogP contribution in [0.1, 0.15) is 29.9 Å². The van der Waals surface area contributed by atoms with Crippen LogP contribution in [0.5, 0.6) is 0 Å². The maximum absolute atomic E-state index is 5.50. The molecule has 2 heteroatoms. The Morgan fingerprint density at radius 1 is 0.773 bits per heavy atom. The first-order valence-corrected chi connectivity index (χ1v) is 8.08. The zero-order valence-corrected chi connectivity index (χ0v) is 12.7. The van der Waals surface area contributed by atoms with Crippen LogP contribution < -0.4 is 0 Å². The minimum atomic E-state index is 0.343. The monoisotopic (exact) mass is 293 g/mol. The molecule has 0 bridgehead atoms. The zero-order valence-electron chi connectivity index (χ0n) is 12.7. The molecular weight excluding hydrogens is 272 g/mol. The molecule has 2 heterocycles. The Balaban J connectivity index is 1.67. The normalized spacial score (nSPS) is 23.0. The van der Waals surface area contributed by atoms with E-state index in [9.17, 15) is 0 Å². The molecule has 0 aromatic heterocycles. The highest BCUT2D eigenvalue weighted by Crippen LogP contribution is 2.42. The Hall–Kier alpha value is -1.64. The van der Waals surface area contributed by atoms with E-state index in [2.05, 4.69) is 60.7 Å². The Morgan fingerprint density at radius 2 is 1.18 bits per heavy atom. The lowest BCUT2D eigenvalue weighted by Gasteiger charge is -2.27. The Bertz CT molecular complexity index is 534. The molecule has 2 atom stereocenters. The highest BCUT2D eigenvalue weighted by molar-refractivity contribution is 5.39. The van der Waals surface area contributed by atoms with Crippen LogP contribution in [0.15, 0.2) is 60.7 Å². The van der Waals surface area contributed by atoms with Gasteiger partial charge in [0.25, 0.3) is 0 Å². The standard InChI is InChI=1S/C20H21O2/c1-3-7-15(8-4-1)20(16-9-5-2-6-10-16)17(11-18-13-21-18)12-19-14-22-19/h1-10,18-20H,11-14H2. The van der Waals surface area contributed by atoms with E-state index in [1.54, 1.807) is 5.92 Å². The van der Waals surface area contributed by atoms with E-state index >= 15 is 0 Å². The second kappa shape index (κ2) is 6.23. The summed E-state index contributed by atoms with van der Waals surface area (Å²) in [6.07, 6.45) is 2.94. The largest absolute Gasteiger partial charge is 0.373 e. The van der Waals surface area contributed by atoms with Gasteiger partial charge in [-0.3, -0.25) is 0 Å². The van der Waals surface area contributed by atoms with Gasteiger partial charge in [0.05, 0.1) is 25.4 Å². The highest BCUT2D eigenvalue weighted by atomic mass is 16.6. The first-order valence-electron chi connectivity index (χ1n) is 8.08. The third-order valence-electron chi connectivity index (χ3n) is 4.46. The molecule has 2 aliphatic rings. The minimum Gasteiger partial charge on any atom is -0.373 e. The number of hydrogen-bond acceptors (Lipinski definition) is 2. The first kappa shape index (κ1) is 14.0. The molecule has 1 radical (unpaired) electrons. The van der Waals surface area contributed by atoms with Crippen LogP contribution in [0.2, 0.25) is 0 Å². The molecule has 2 aromatic rings. The maximum Gasteiger partial charge on any atom is 0.0815 e. The van der Waals surface area contributed by atoms with Gasteiger partial charge in [-0.05, 0) is 29.9 Å². The number of hydrogen-bond donors (Lipinski definition) is 0. The number of benzene rings is 2. The Labute approximate surface area is 132 Å². The first-order chi connectivity index (χ1) is 10.9. The summed E-state index contributed by atoms with van der Waals surface area (Å²) in [6, 6.07) is 21.6. The van der Waals surface area contributed by atoms with E-state index in [1.807, 2.05) is 0 Å². The third kappa shape index (κ3) is 3.40. The minimum absolute atomic E-state index is 0.343. The molecule has 113 valence electrons. The van der Waals surface area contributed by atoms with Crippen LogP contribution in [0, 0.1) is 5.92 Å². The zero-order chi connectivity index (χ0) is 14.8. The van der Waals surface area contributed by atoms with E-state index in [0.29, 0.717) is 18.1 Å². The van der Waals surface area contributed by atoms with Gasteiger partial charge in [0, 0.05) is 5.92 Å². The second-order valence-electron chi connectivity index (χ2n) is 6.23. The smallest absolute Gasteiger partial charge is 0.0815 e. The van der Waals surface area contributed by atoms with Crippen molar-refractivity contribution in [1.29, 1.82) is 0 Å². The van der Waals surface area contributed by atoms with Gasteiger partial charge in [0.15, 0.2) is 0 Å². The lowest BCUT2D eigenvalue weighted by Crippen LogP contribution is -2.17. The van der Waals surface area contributed by atoms with Gasteiger partial charge >= 0.3 is 0 Å². The summed E-state index contributed by atoms with van der Waals surface area (Å²) >= 11 is 0. The van der Waals surface area contributed by atoms with Gasteiger partial charge in [-0.2, -0.15) is 0 Å². The lowest BCUT2D eigenvalue weighted by molar-refractivity contribution is 0.368.